The number of hydrogen-bond acceptors (Lipinski definition) is 8. The number of aromatic nitrogens is 5. The predicted octanol–water partition coefficient (Wildman–Crippen LogP) is 5.33. The molecule has 0 aromatic carbocycles. The summed E-state index contributed by atoms with van der Waals surface area (Å²) in [4.78, 5) is 28.0. The van der Waals surface area contributed by atoms with E-state index < -0.39 is 24.9 Å². The zero-order valence-electron chi connectivity index (χ0n) is 22.4. The Labute approximate surface area is 237 Å². The molecule has 0 spiro atoms. The van der Waals surface area contributed by atoms with Crippen molar-refractivity contribution < 1.29 is 31.9 Å². The monoisotopic (exact) mass is 594 g/mol. The predicted molar refractivity (Wildman–Crippen MR) is 141 cm³/mol. The zero-order valence-corrected chi connectivity index (χ0v) is 23.2. The Kier molecular flexibility index (Phi) is 7.60. The molecule has 3 heterocycles. The van der Waals surface area contributed by atoms with E-state index in [4.69, 9.17) is 0 Å². The maximum Gasteiger partial charge on any atom is 0.388 e. The number of ether oxygens (including phenoxy) is 1. The number of thiophene rings is 1. The van der Waals surface area contributed by atoms with Gasteiger partial charge < -0.3 is 10.1 Å². The summed E-state index contributed by atoms with van der Waals surface area (Å²) < 4.78 is 59.7. The Hall–Kier alpha value is -3.29. The minimum Gasteiger partial charge on any atom is -0.415 e. The SMILES string of the molecule is Cn1nc(OC(F)F)cc1Nc1nncn1[C@H]1CCc2sc(CC(=O)[C@H]3C[C@@H]3F)c(C(=O)CCC3CC(F)C3)c2C1. The molecule has 3 aromatic rings. The van der Waals surface area contributed by atoms with Crippen LogP contribution in [0.2, 0.25) is 0 Å². The van der Waals surface area contributed by atoms with Crippen LogP contribution in [0.3, 0.4) is 0 Å². The number of fused-ring (bicyclic) bond motifs is 1. The molecular formula is C27H30F4N6O3S. The Morgan fingerprint density at radius 3 is 2.73 bits per heavy atom. The van der Waals surface area contributed by atoms with E-state index in [1.165, 1.54) is 22.1 Å². The molecule has 3 aliphatic carbocycles. The standard InChI is InChI=1S/C27H30F4N6O3S/c1-36-23(11-24(35-36)40-26(30)31)33-27-34-32-12-37(27)15-3-5-21-17(8-15)25(19(38)4-2-13-6-14(28)7-13)22(41-21)10-20(39)16-9-18(16)29/h11-16,18,26H,2-10H2,1H3,(H,33,34)/t13?,14?,15-,16-,18-/m0/s1. The highest BCUT2D eigenvalue weighted by atomic mass is 32.1. The number of halogens is 4. The van der Waals surface area contributed by atoms with Gasteiger partial charge in [0.2, 0.25) is 11.8 Å². The normalized spacial score (nSPS) is 25.1. The van der Waals surface area contributed by atoms with Crippen molar-refractivity contribution in [2.45, 2.75) is 82.8 Å². The van der Waals surface area contributed by atoms with Gasteiger partial charge in [0.05, 0.1) is 5.92 Å². The quantitative estimate of drug-likeness (QED) is 0.223. The number of nitrogens with one attached hydrogen (secondary N) is 1. The van der Waals surface area contributed by atoms with Crippen LogP contribution in [0.25, 0.3) is 0 Å². The third kappa shape index (κ3) is 5.88. The number of Topliss-reactive ketones (excluding diaryl/α,β-unsaturated/α-hetero) is 2. The maximum atomic E-state index is 13.6. The molecule has 0 radical (unpaired) electrons. The van der Waals surface area contributed by atoms with Crippen molar-refractivity contribution in [3.8, 4) is 5.88 Å². The molecule has 41 heavy (non-hydrogen) atoms. The third-order valence-electron chi connectivity index (χ3n) is 8.28. The van der Waals surface area contributed by atoms with E-state index in [1.54, 1.807) is 13.4 Å². The smallest absolute Gasteiger partial charge is 0.388 e. The van der Waals surface area contributed by atoms with Gasteiger partial charge >= 0.3 is 6.61 Å². The molecule has 9 nitrogen and oxygen atoms in total. The van der Waals surface area contributed by atoms with Gasteiger partial charge in [0.25, 0.3) is 0 Å². The molecular weight excluding hydrogens is 564 g/mol. The fourth-order valence-corrected chi connectivity index (χ4v) is 7.24. The fourth-order valence-electron chi connectivity index (χ4n) is 5.87. The van der Waals surface area contributed by atoms with Crippen LogP contribution >= 0.6 is 11.3 Å². The summed E-state index contributed by atoms with van der Waals surface area (Å²) in [5.74, 6) is -0.0960. The molecule has 0 amide bonds. The van der Waals surface area contributed by atoms with E-state index in [0.717, 1.165) is 16.9 Å². The lowest BCUT2D eigenvalue weighted by Gasteiger charge is -2.29. The van der Waals surface area contributed by atoms with Crippen LogP contribution in [0, 0.1) is 11.8 Å². The zero-order chi connectivity index (χ0) is 28.8. The summed E-state index contributed by atoms with van der Waals surface area (Å²) in [5.41, 5.74) is 1.47. The van der Waals surface area contributed by atoms with Gasteiger partial charge in [-0.05, 0) is 56.4 Å². The minimum absolute atomic E-state index is 0.0490. The number of carbonyl (C=O) groups is 2. The molecule has 3 aliphatic rings. The van der Waals surface area contributed by atoms with Gasteiger partial charge in [-0.25, -0.2) is 13.5 Å². The highest BCUT2D eigenvalue weighted by Gasteiger charge is 2.44. The second-order valence-corrected chi connectivity index (χ2v) is 12.3. The van der Waals surface area contributed by atoms with Gasteiger partial charge in [-0.2, -0.15) is 8.78 Å². The van der Waals surface area contributed by atoms with Crippen LogP contribution in [0.1, 0.15) is 70.2 Å². The Bertz CT molecular complexity index is 1450. The number of carbonyl (C=O) groups excluding carboxylic acids is 2. The Morgan fingerprint density at radius 2 is 2.02 bits per heavy atom. The minimum atomic E-state index is -3.00. The molecule has 3 atom stereocenters. The first-order valence-electron chi connectivity index (χ1n) is 13.8. The van der Waals surface area contributed by atoms with Gasteiger partial charge in [-0.1, -0.05) is 0 Å². The van der Waals surface area contributed by atoms with Crippen LogP contribution in [0.15, 0.2) is 12.4 Å². The van der Waals surface area contributed by atoms with Crippen molar-refractivity contribution in [3.05, 3.63) is 33.3 Å². The van der Waals surface area contributed by atoms with Crippen LogP contribution in [0.4, 0.5) is 29.3 Å². The first-order chi connectivity index (χ1) is 19.7. The number of aryl methyl sites for hydroxylation is 2. The number of anilines is 2. The lowest BCUT2D eigenvalue weighted by Crippen LogP contribution is -2.25. The molecule has 0 aliphatic heterocycles. The van der Waals surface area contributed by atoms with Gasteiger partial charge in [-0.15, -0.1) is 26.6 Å². The topological polar surface area (TPSA) is 104 Å². The molecule has 0 unspecified atom stereocenters. The van der Waals surface area contributed by atoms with E-state index >= 15 is 0 Å². The second-order valence-electron chi connectivity index (χ2n) is 11.2. The Morgan fingerprint density at radius 1 is 1.24 bits per heavy atom. The van der Waals surface area contributed by atoms with Crippen molar-refractivity contribution in [1.82, 2.24) is 24.5 Å². The number of alkyl halides is 4. The highest BCUT2D eigenvalue weighted by molar-refractivity contribution is 7.12. The fraction of sp³-hybridized carbons (Fsp3) is 0.593. The van der Waals surface area contributed by atoms with Crippen molar-refractivity contribution in [2.75, 3.05) is 5.32 Å². The molecule has 220 valence electrons. The Balaban J connectivity index is 1.23. The van der Waals surface area contributed by atoms with E-state index in [0.29, 0.717) is 54.3 Å². The average molecular weight is 595 g/mol. The van der Waals surface area contributed by atoms with Crippen molar-refractivity contribution >= 4 is 34.7 Å². The summed E-state index contributed by atoms with van der Waals surface area (Å²) in [5, 5.41) is 15.2. The van der Waals surface area contributed by atoms with E-state index in [9.17, 15) is 27.2 Å². The number of rotatable bonds is 12. The van der Waals surface area contributed by atoms with Crippen molar-refractivity contribution in [2.24, 2.45) is 18.9 Å². The van der Waals surface area contributed by atoms with Crippen LogP contribution in [-0.2, 0) is 31.1 Å². The van der Waals surface area contributed by atoms with Gasteiger partial charge in [0.15, 0.2) is 5.78 Å². The second kappa shape index (κ2) is 11.2. The van der Waals surface area contributed by atoms with Crippen LogP contribution in [0.5, 0.6) is 5.88 Å². The summed E-state index contributed by atoms with van der Waals surface area (Å²) in [6.07, 6.45) is 3.75. The van der Waals surface area contributed by atoms with Gasteiger partial charge in [-0.3, -0.25) is 14.2 Å². The van der Waals surface area contributed by atoms with Crippen molar-refractivity contribution in [1.29, 1.82) is 0 Å². The van der Waals surface area contributed by atoms with Crippen LogP contribution < -0.4 is 10.1 Å². The number of ketones is 2. The highest BCUT2D eigenvalue weighted by Crippen LogP contribution is 2.43. The first kappa shape index (κ1) is 27.9. The largest absolute Gasteiger partial charge is 0.415 e. The molecule has 14 heteroatoms. The van der Waals surface area contributed by atoms with Gasteiger partial charge in [0.1, 0.15) is 30.3 Å². The van der Waals surface area contributed by atoms with Gasteiger partial charge in [0, 0.05) is 47.3 Å². The maximum absolute atomic E-state index is 13.6. The molecule has 3 aromatic heterocycles. The third-order valence-corrected chi connectivity index (χ3v) is 9.57. The molecule has 6 rings (SSSR count). The molecule has 0 saturated heterocycles. The van der Waals surface area contributed by atoms with E-state index in [-0.39, 0.29) is 48.7 Å². The molecule has 0 bridgehead atoms. The first-order valence-corrected chi connectivity index (χ1v) is 14.6. The molecule has 2 saturated carbocycles. The number of hydrogen-bond donors (Lipinski definition) is 1. The molecule has 1 N–H and O–H groups in total. The number of nitrogens with zero attached hydrogens (tertiary/aromatic N) is 5. The van der Waals surface area contributed by atoms with Crippen molar-refractivity contribution in [3.63, 3.8) is 0 Å². The van der Waals surface area contributed by atoms with E-state index in [2.05, 4.69) is 25.3 Å². The summed E-state index contributed by atoms with van der Waals surface area (Å²) in [6, 6.07) is 1.21. The summed E-state index contributed by atoms with van der Waals surface area (Å²) >= 11 is 1.47. The lowest BCUT2D eigenvalue weighted by molar-refractivity contribution is -0.119. The lowest BCUT2D eigenvalue weighted by atomic mass is 9.79. The van der Waals surface area contributed by atoms with Crippen LogP contribution in [-0.4, -0.2) is 55.1 Å². The average Bonchev–Trinajstić information content (AvgIpc) is 3.19. The molecule has 2 fully saturated rings. The summed E-state index contributed by atoms with van der Waals surface area (Å²) in [7, 11) is 1.57. The van der Waals surface area contributed by atoms with E-state index in [1.807, 2.05) is 4.57 Å². The summed E-state index contributed by atoms with van der Waals surface area (Å²) in [6.45, 7) is -3.00.